The van der Waals surface area contributed by atoms with Crippen LogP contribution in [0.1, 0.15) is 24.5 Å². The zero-order chi connectivity index (χ0) is 12.1. The number of aryl methyl sites for hydroxylation is 2. The van der Waals surface area contributed by atoms with Crippen molar-refractivity contribution in [3.63, 3.8) is 0 Å². The molecule has 16 heavy (non-hydrogen) atoms. The highest BCUT2D eigenvalue weighted by atomic mass is 16.5. The lowest BCUT2D eigenvalue weighted by Crippen LogP contribution is -2.30. The van der Waals surface area contributed by atoms with Gasteiger partial charge in [-0.3, -0.25) is 0 Å². The monoisotopic (exact) mass is 221 g/mol. The van der Waals surface area contributed by atoms with Gasteiger partial charge < -0.3 is 10.1 Å². The number of benzene rings is 1. The number of esters is 1. The first kappa shape index (κ1) is 12.6. The second kappa shape index (κ2) is 5.54. The van der Waals surface area contributed by atoms with E-state index < -0.39 is 0 Å². The molecule has 1 rings (SSSR count). The molecule has 0 bridgehead atoms. The van der Waals surface area contributed by atoms with Crippen molar-refractivity contribution in [3.05, 3.63) is 29.3 Å². The summed E-state index contributed by atoms with van der Waals surface area (Å²) < 4.78 is 4.75. The fourth-order valence-electron chi connectivity index (χ4n) is 1.69. The van der Waals surface area contributed by atoms with Gasteiger partial charge in [-0.2, -0.15) is 0 Å². The van der Waals surface area contributed by atoms with E-state index in [1.165, 1.54) is 7.11 Å². The molecule has 1 aromatic carbocycles. The van der Waals surface area contributed by atoms with E-state index in [0.717, 1.165) is 16.8 Å². The predicted octanol–water partition coefficient (Wildman–Crippen LogP) is 2.67. The predicted molar refractivity (Wildman–Crippen MR) is 65.6 cm³/mol. The van der Waals surface area contributed by atoms with Gasteiger partial charge in [0.05, 0.1) is 7.11 Å². The summed E-state index contributed by atoms with van der Waals surface area (Å²) in [6.45, 7) is 6.01. The van der Waals surface area contributed by atoms with Crippen LogP contribution >= 0.6 is 0 Å². The van der Waals surface area contributed by atoms with Gasteiger partial charge in [0.15, 0.2) is 0 Å². The highest BCUT2D eigenvalue weighted by Gasteiger charge is 2.17. The Balaban J connectivity index is 2.90. The van der Waals surface area contributed by atoms with Crippen molar-refractivity contribution < 1.29 is 9.53 Å². The van der Waals surface area contributed by atoms with Gasteiger partial charge >= 0.3 is 5.97 Å². The van der Waals surface area contributed by atoms with E-state index in [0.29, 0.717) is 6.42 Å². The Kier molecular flexibility index (Phi) is 4.35. The molecule has 3 heteroatoms. The van der Waals surface area contributed by atoms with Crippen molar-refractivity contribution >= 4 is 11.7 Å². The van der Waals surface area contributed by atoms with Gasteiger partial charge in [0, 0.05) is 5.69 Å². The maximum absolute atomic E-state index is 11.5. The first-order chi connectivity index (χ1) is 7.60. The Bertz CT molecular complexity index is 354. The van der Waals surface area contributed by atoms with Crippen LogP contribution in [0.4, 0.5) is 5.69 Å². The molecule has 1 aromatic rings. The Hall–Kier alpha value is -1.51. The molecule has 0 aliphatic carbocycles. The molecule has 0 radical (unpaired) electrons. The van der Waals surface area contributed by atoms with Crippen LogP contribution in [0, 0.1) is 13.8 Å². The van der Waals surface area contributed by atoms with Crippen LogP contribution in [-0.2, 0) is 9.53 Å². The van der Waals surface area contributed by atoms with Crippen LogP contribution in [0.3, 0.4) is 0 Å². The van der Waals surface area contributed by atoms with E-state index in [2.05, 4.69) is 5.32 Å². The summed E-state index contributed by atoms with van der Waals surface area (Å²) in [6.07, 6.45) is 0.709. The second-order valence-corrected chi connectivity index (χ2v) is 3.90. The minimum Gasteiger partial charge on any atom is -0.467 e. The SMILES string of the molecule is CC[C@H](Nc1c(C)cccc1C)C(=O)OC. The van der Waals surface area contributed by atoms with E-state index in [-0.39, 0.29) is 12.0 Å². The smallest absolute Gasteiger partial charge is 0.328 e. The normalized spacial score (nSPS) is 12.0. The topological polar surface area (TPSA) is 38.3 Å². The van der Waals surface area contributed by atoms with Crippen LogP contribution in [0.15, 0.2) is 18.2 Å². The largest absolute Gasteiger partial charge is 0.467 e. The van der Waals surface area contributed by atoms with E-state index in [1.54, 1.807) is 0 Å². The highest BCUT2D eigenvalue weighted by molar-refractivity contribution is 5.80. The van der Waals surface area contributed by atoms with Crippen molar-refractivity contribution in [2.45, 2.75) is 33.2 Å². The number of hydrogen-bond acceptors (Lipinski definition) is 3. The number of nitrogens with one attached hydrogen (secondary N) is 1. The van der Waals surface area contributed by atoms with Gasteiger partial charge in [0.2, 0.25) is 0 Å². The average Bonchev–Trinajstić information content (AvgIpc) is 2.28. The molecule has 0 saturated heterocycles. The molecule has 0 saturated carbocycles. The summed E-state index contributed by atoms with van der Waals surface area (Å²) in [5.41, 5.74) is 3.31. The number of carbonyl (C=O) groups is 1. The number of anilines is 1. The van der Waals surface area contributed by atoms with Crippen molar-refractivity contribution in [1.82, 2.24) is 0 Å². The van der Waals surface area contributed by atoms with Gasteiger partial charge in [0.1, 0.15) is 6.04 Å². The molecular weight excluding hydrogens is 202 g/mol. The van der Waals surface area contributed by atoms with Crippen LogP contribution in [-0.4, -0.2) is 19.1 Å². The molecule has 88 valence electrons. The zero-order valence-corrected chi connectivity index (χ0v) is 10.3. The van der Waals surface area contributed by atoms with Crippen molar-refractivity contribution in [3.8, 4) is 0 Å². The van der Waals surface area contributed by atoms with E-state index in [4.69, 9.17) is 4.74 Å². The maximum Gasteiger partial charge on any atom is 0.328 e. The Morgan fingerprint density at radius 3 is 2.38 bits per heavy atom. The summed E-state index contributed by atoms with van der Waals surface area (Å²) in [5, 5.41) is 3.24. The van der Waals surface area contributed by atoms with E-state index in [1.807, 2.05) is 39.0 Å². The summed E-state index contributed by atoms with van der Waals surface area (Å²) in [6, 6.07) is 5.79. The molecule has 0 aliphatic heterocycles. The van der Waals surface area contributed by atoms with E-state index in [9.17, 15) is 4.79 Å². The van der Waals surface area contributed by atoms with Crippen molar-refractivity contribution in [2.24, 2.45) is 0 Å². The van der Waals surface area contributed by atoms with Gasteiger partial charge in [-0.1, -0.05) is 25.1 Å². The molecular formula is C13H19NO2. The van der Waals surface area contributed by atoms with Gasteiger partial charge in [-0.05, 0) is 31.4 Å². The zero-order valence-electron chi connectivity index (χ0n) is 10.3. The molecule has 0 spiro atoms. The van der Waals surface area contributed by atoms with Crippen molar-refractivity contribution in [2.75, 3.05) is 12.4 Å². The highest BCUT2D eigenvalue weighted by Crippen LogP contribution is 2.21. The number of para-hydroxylation sites is 1. The van der Waals surface area contributed by atoms with Crippen LogP contribution in [0.5, 0.6) is 0 Å². The number of methoxy groups -OCH3 is 1. The minimum absolute atomic E-state index is 0.217. The number of carbonyl (C=O) groups excluding carboxylic acids is 1. The third-order valence-electron chi connectivity index (χ3n) is 2.69. The molecule has 1 atom stereocenters. The maximum atomic E-state index is 11.5. The lowest BCUT2D eigenvalue weighted by atomic mass is 10.1. The minimum atomic E-state index is -0.273. The Morgan fingerprint density at radius 1 is 1.38 bits per heavy atom. The lowest BCUT2D eigenvalue weighted by molar-refractivity contribution is -0.141. The molecule has 0 heterocycles. The third kappa shape index (κ3) is 2.75. The Morgan fingerprint density at radius 2 is 1.94 bits per heavy atom. The van der Waals surface area contributed by atoms with Gasteiger partial charge in [0.25, 0.3) is 0 Å². The first-order valence-electron chi connectivity index (χ1n) is 5.50. The second-order valence-electron chi connectivity index (χ2n) is 3.90. The van der Waals surface area contributed by atoms with Gasteiger partial charge in [-0.15, -0.1) is 0 Å². The summed E-state index contributed by atoms with van der Waals surface area (Å²) in [4.78, 5) is 11.5. The van der Waals surface area contributed by atoms with Crippen molar-refractivity contribution in [1.29, 1.82) is 0 Å². The van der Waals surface area contributed by atoms with Gasteiger partial charge in [-0.25, -0.2) is 4.79 Å². The first-order valence-corrected chi connectivity index (χ1v) is 5.50. The summed E-state index contributed by atoms with van der Waals surface area (Å²) in [5.74, 6) is -0.217. The van der Waals surface area contributed by atoms with Crippen LogP contribution in [0.2, 0.25) is 0 Å². The molecule has 1 N–H and O–H groups in total. The molecule has 0 amide bonds. The lowest BCUT2D eigenvalue weighted by Gasteiger charge is -2.19. The number of hydrogen-bond donors (Lipinski definition) is 1. The van der Waals surface area contributed by atoms with E-state index >= 15 is 0 Å². The number of ether oxygens (including phenoxy) is 1. The standard InChI is InChI=1S/C13H19NO2/c1-5-11(13(15)16-4)14-12-9(2)7-6-8-10(12)3/h6-8,11,14H,5H2,1-4H3/t11-/m0/s1. The molecule has 3 nitrogen and oxygen atoms in total. The average molecular weight is 221 g/mol. The molecule has 0 unspecified atom stereocenters. The summed E-state index contributed by atoms with van der Waals surface area (Å²) in [7, 11) is 1.41. The van der Waals surface area contributed by atoms with Crippen LogP contribution < -0.4 is 5.32 Å². The fourth-order valence-corrected chi connectivity index (χ4v) is 1.69. The molecule has 0 fully saturated rings. The molecule has 0 aromatic heterocycles. The fraction of sp³-hybridized carbons (Fsp3) is 0.462. The summed E-state index contributed by atoms with van der Waals surface area (Å²) >= 11 is 0. The quantitative estimate of drug-likeness (QED) is 0.794. The third-order valence-corrected chi connectivity index (χ3v) is 2.69. The Labute approximate surface area is 96.8 Å². The number of rotatable bonds is 4. The van der Waals surface area contributed by atoms with Crippen LogP contribution in [0.25, 0.3) is 0 Å². The molecule has 0 aliphatic rings.